The van der Waals surface area contributed by atoms with Gasteiger partial charge in [0.05, 0.1) is 0 Å². The molecule has 1 aliphatic rings. The zero-order chi connectivity index (χ0) is 12.5. The molecule has 0 aliphatic carbocycles. The van der Waals surface area contributed by atoms with Gasteiger partial charge in [0.15, 0.2) is 0 Å². The summed E-state index contributed by atoms with van der Waals surface area (Å²) in [4.78, 5) is 11.4. The van der Waals surface area contributed by atoms with Crippen LogP contribution in [0.25, 0.3) is 0 Å². The van der Waals surface area contributed by atoms with Crippen molar-refractivity contribution in [2.45, 2.75) is 50.6 Å². The third-order valence-electron chi connectivity index (χ3n) is 2.41. The molecule has 3 nitrogen and oxygen atoms in total. The van der Waals surface area contributed by atoms with E-state index in [9.17, 15) is 4.79 Å². The zero-order valence-electron chi connectivity index (χ0n) is 10.3. The molecule has 2 atom stereocenters. The van der Waals surface area contributed by atoms with Crippen LogP contribution >= 0.6 is 33.6 Å². The lowest BCUT2D eigenvalue weighted by atomic mass is 10.1. The van der Waals surface area contributed by atoms with Crippen molar-refractivity contribution >= 4 is 39.6 Å². The molecular formula is C11H20O3S3. The molecule has 0 spiro atoms. The van der Waals surface area contributed by atoms with Crippen LogP contribution in [-0.2, 0) is 13.7 Å². The molecule has 17 heavy (non-hydrogen) atoms. The fourth-order valence-corrected chi connectivity index (χ4v) is 4.94. The highest BCUT2D eigenvalue weighted by Gasteiger charge is 2.16. The molecule has 0 aromatic heterocycles. The van der Waals surface area contributed by atoms with Gasteiger partial charge in [0.2, 0.25) is 6.29 Å². The Morgan fingerprint density at radius 2 is 2.35 bits per heavy atom. The van der Waals surface area contributed by atoms with Crippen LogP contribution in [0.2, 0.25) is 0 Å². The molecule has 1 rings (SSSR count). The molecule has 0 bridgehead atoms. The normalized spacial score (nSPS) is 21.4. The minimum atomic E-state index is -0.445. The van der Waals surface area contributed by atoms with Crippen molar-refractivity contribution in [1.29, 1.82) is 0 Å². The quantitative estimate of drug-likeness (QED) is 0.222. The van der Waals surface area contributed by atoms with Crippen LogP contribution in [0, 0.1) is 0 Å². The van der Waals surface area contributed by atoms with Crippen molar-refractivity contribution in [3.8, 4) is 0 Å². The predicted molar refractivity (Wildman–Crippen MR) is 77.1 cm³/mol. The van der Waals surface area contributed by atoms with Crippen LogP contribution in [0.4, 0.5) is 0 Å². The molecule has 6 heteroatoms. The van der Waals surface area contributed by atoms with Gasteiger partial charge < -0.3 is 4.74 Å². The van der Waals surface area contributed by atoms with Crippen LogP contribution in [0.15, 0.2) is 0 Å². The van der Waals surface area contributed by atoms with E-state index in [0.717, 1.165) is 18.1 Å². The largest absolute Gasteiger partial charge is 0.435 e. The van der Waals surface area contributed by atoms with Gasteiger partial charge in [-0.3, -0.25) is 8.98 Å². The maximum absolute atomic E-state index is 11.4. The number of unbranched alkanes of at least 4 members (excludes halogenated alkanes) is 1. The summed E-state index contributed by atoms with van der Waals surface area (Å²) in [5.74, 6) is 1.13. The molecule has 0 amide bonds. The third kappa shape index (κ3) is 7.49. The first-order valence-corrected chi connectivity index (χ1v) is 9.42. The molecule has 0 N–H and O–H groups in total. The van der Waals surface area contributed by atoms with Crippen molar-refractivity contribution in [3.63, 3.8) is 0 Å². The highest BCUT2D eigenvalue weighted by molar-refractivity contribution is 8.77. The van der Waals surface area contributed by atoms with E-state index in [2.05, 4.69) is 0 Å². The summed E-state index contributed by atoms with van der Waals surface area (Å²) >= 11 is 1.21. The Kier molecular flexibility index (Phi) is 8.61. The van der Waals surface area contributed by atoms with Crippen molar-refractivity contribution in [2.75, 3.05) is 12.0 Å². The van der Waals surface area contributed by atoms with Crippen LogP contribution in [-0.4, -0.2) is 29.5 Å². The zero-order valence-corrected chi connectivity index (χ0v) is 12.8. The minimum Gasteiger partial charge on any atom is -0.435 e. The van der Waals surface area contributed by atoms with Gasteiger partial charge in [0, 0.05) is 23.7 Å². The van der Waals surface area contributed by atoms with Crippen LogP contribution in [0.5, 0.6) is 0 Å². The first-order valence-electron chi connectivity index (χ1n) is 5.89. The van der Waals surface area contributed by atoms with Gasteiger partial charge in [-0.25, -0.2) is 0 Å². The molecular weight excluding hydrogens is 276 g/mol. The third-order valence-corrected chi connectivity index (χ3v) is 5.88. The SMILES string of the molecule is CSOC(C)OC(=O)CCCCC1CCSS1. The Balaban J connectivity index is 1.95. The van der Waals surface area contributed by atoms with E-state index in [1.165, 1.54) is 30.6 Å². The van der Waals surface area contributed by atoms with E-state index < -0.39 is 6.29 Å². The number of hydrogen-bond acceptors (Lipinski definition) is 6. The van der Waals surface area contributed by atoms with Gasteiger partial charge in [-0.15, -0.1) is 0 Å². The number of hydrogen-bond donors (Lipinski definition) is 0. The van der Waals surface area contributed by atoms with Crippen molar-refractivity contribution in [2.24, 2.45) is 0 Å². The van der Waals surface area contributed by atoms with E-state index in [1.54, 1.807) is 6.92 Å². The van der Waals surface area contributed by atoms with Crippen LogP contribution in [0.1, 0.15) is 39.0 Å². The van der Waals surface area contributed by atoms with Gasteiger partial charge in [0.1, 0.15) is 0 Å². The number of ether oxygens (including phenoxy) is 1. The summed E-state index contributed by atoms with van der Waals surface area (Å²) in [7, 11) is 3.96. The highest BCUT2D eigenvalue weighted by Crippen LogP contribution is 2.39. The second-order valence-corrected chi connectivity index (χ2v) is 7.21. The topological polar surface area (TPSA) is 35.5 Å². The monoisotopic (exact) mass is 296 g/mol. The molecule has 2 unspecified atom stereocenters. The highest BCUT2D eigenvalue weighted by atomic mass is 33.1. The molecule has 0 aromatic rings. The summed E-state index contributed by atoms with van der Waals surface area (Å²) in [6.45, 7) is 1.74. The average Bonchev–Trinajstić information content (AvgIpc) is 2.77. The van der Waals surface area contributed by atoms with Gasteiger partial charge in [0.25, 0.3) is 0 Å². The van der Waals surface area contributed by atoms with Gasteiger partial charge in [-0.05, 0) is 38.2 Å². The maximum atomic E-state index is 11.4. The molecule has 100 valence electrons. The van der Waals surface area contributed by atoms with Gasteiger partial charge >= 0.3 is 5.97 Å². The molecule has 1 fully saturated rings. The number of esters is 1. The van der Waals surface area contributed by atoms with Gasteiger partial charge in [-0.2, -0.15) is 0 Å². The molecule has 1 saturated heterocycles. The summed E-state index contributed by atoms with van der Waals surface area (Å²) in [6, 6.07) is 0. The fourth-order valence-electron chi connectivity index (χ4n) is 1.60. The summed E-state index contributed by atoms with van der Waals surface area (Å²) in [5, 5.41) is 0.801. The van der Waals surface area contributed by atoms with E-state index in [-0.39, 0.29) is 5.97 Å². The molecule has 0 aromatic carbocycles. The summed E-state index contributed by atoms with van der Waals surface area (Å²) in [6.07, 6.45) is 6.45. The smallest absolute Gasteiger partial charge is 0.308 e. The molecule has 1 heterocycles. The minimum absolute atomic E-state index is 0.153. The lowest BCUT2D eigenvalue weighted by molar-refractivity contribution is -0.159. The lowest BCUT2D eigenvalue weighted by Gasteiger charge is -2.11. The Hall–Kier alpha value is 0.480. The molecule has 0 radical (unpaired) electrons. The summed E-state index contributed by atoms with van der Waals surface area (Å²) in [5.41, 5.74) is 0. The van der Waals surface area contributed by atoms with E-state index in [0.29, 0.717) is 6.42 Å². The summed E-state index contributed by atoms with van der Waals surface area (Å²) < 4.78 is 10.1. The van der Waals surface area contributed by atoms with Crippen molar-refractivity contribution in [3.05, 3.63) is 0 Å². The van der Waals surface area contributed by atoms with Gasteiger partial charge in [-0.1, -0.05) is 28.0 Å². The van der Waals surface area contributed by atoms with E-state index in [4.69, 9.17) is 8.92 Å². The van der Waals surface area contributed by atoms with Crippen LogP contribution in [0.3, 0.4) is 0 Å². The Labute approximate surface area is 116 Å². The van der Waals surface area contributed by atoms with Crippen molar-refractivity contribution in [1.82, 2.24) is 0 Å². The van der Waals surface area contributed by atoms with E-state index >= 15 is 0 Å². The number of carbonyl (C=O) groups excluding carboxylic acids is 1. The Morgan fingerprint density at radius 3 is 3.00 bits per heavy atom. The predicted octanol–water partition coefficient (Wildman–Crippen LogP) is 3.88. The maximum Gasteiger partial charge on any atom is 0.308 e. The molecule has 1 aliphatic heterocycles. The molecule has 0 saturated carbocycles. The lowest BCUT2D eigenvalue weighted by Crippen LogP contribution is -2.15. The Bertz CT molecular complexity index is 220. The first-order chi connectivity index (χ1) is 8.22. The van der Waals surface area contributed by atoms with Crippen molar-refractivity contribution < 1.29 is 13.7 Å². The Morgan fingerprint density at radius 1 is 1.53 bits per heavy atom. The number of carbonyl (C=O) groups is 1. The second-order valence-electron chi connectivity index (χ2n) is 3.90. The number of rotatable bonds is 8. The first kappa shape index (κ1) is 15.5. The average molecular weight is 296 g/mol. The van der Waals surface area contributed by atoms with E-state index in [1.807, 2.05) is 27.8 Å². The fraction of sp³-hybridized carbons (Fsp3) is 0.909. The second kappa shape index (κ2) is 9.42. The van der Waals surface area contributed by atoms with Crippen LogP contribution < -0.4 is 0 Å². The standard InChI is InChI=1S/C11H20O3S3/c1-9(14-15-2)13-11(12)6-4-3-5-10-7-8-16-17-10/h9-10H,3-8H2,1-2H3.